The van der Waals surface area contributed by atoms with Crippen LogP contribution in [0, 0.1) is 0 Å². The van der Waals surface area contributed by atoms with E-state index in [-0.39, 0.29) is 11.5 Å². The number of ether oxygens (including phenoxy) is 2. The van der Waals surface area contributed by atoms with Crippen molar-refractivity contribution in [3.05, 3.63) is 35.5 Å². The van der Waals surface area contributed by atoms with Crippen LogP contribution in [0.4, 0.5) is 0 Å². The van der Waals surface area contributed by atoms with Gasteiger partial charge in [0.2, 0.25) is 5.89 Å². The molecule has 126 valence electrons. The SMILES string of the molecule is COc1ccc(OC)c(CNC(C)c2nc(C(C)(C)C)no2)c1. The van der Waals surface area contributed by atoms with Crippen molar-refractivity contribution in [1.29, 1.82) is 0 Å². The van der Waals surface area contributed by atoms with E-state index in [1.54, 1.807) is 14.2 Å². The molecule has 23 heavy (non-hydrogen) atoms. The first kappa shape index (κ1) is 17.3. The summed E-state index contributed by atoms with van der Waals surface area (Å²) in [5.74, 6) is 2.89. The normalized spacial score (nSPS) is 13.0. The van der Waals surface area contributed by atoms with Gasteiger partial charge in [0, 0.05) is 17.5 Å². The third-order valence-corrected chi connectivity index (χ3v) is 3.57. The van der Waals surface area contributed by atoms with E-state index in [2.05, 4.69) is 36.2 Å². The summed E-state index contributed by atoms with van der Waals surface area (Å²) >= 11 is 0. The summed E-state index contributed by atoms with van der Waals surface area (Å²) in [4.78, 5) is 4.47. The summed E-state index contributed by atoms with van der Waals surface area (Å²) in [6, 6.07) is 5.66. The molecule has 0 fully saturated rings. The lowest BCUT2D eigenvalue weighted by atomic mass is 9.96. The van der Waals surface area contributed by atoms with Crippen LogP contribution in [0.25, 0.3) is 0 Å². The highest BCUT2D eigenvalue weighted by atomic mass is 16.5. The molecule has 2 aromatic rings. The quantitative estimate of drug-likeness (QED) is 0.881. The molecule has 2 rings (SSSR count). The lowest BCUT2D eigenvalue weighted by Gasteiger charge is -2.14. The predicted octanol–water partition coefficient (Wildman–Crippen LogP) is 3.24. The van der Waals surface area contributed by atoms with E-state index in [1.807, 2.05) is 25.1 Å². The maximum Gasteiger partial charge on any atom is 0.243 e. The highest BCUT2D eigenvalue weighted by Crippen LogP contribution is 2.25. The van der Waals surface area contributed by atoms with Crippen molar-refractivity contribution in [2.45, 2.75) is 45.7 Å². The number of nitrogens with one attached hydrogen (secondary N) is 1. The van der Waals surface area contributed by atoms with E-state index in [0.717, 1.165) is 17.1 Å². The first-order valence-electron chi connectivity index (χ1n) is 7.63. The highest BCUT2D eigenvalue weighted by Gasteiger charge is 2.23. The molecule has 1 atom stereocenters. The predicted molar refractivity (Wildman–Crippen MR) is 87.8 cm³/mol. The molecule has 1 N–H and O–H groups in total. The summed E-state index contributed by atoms with van der Waals surface area (Å²) in [5.41, 5.74) is 0.881. The van der Waals surface area contributed by atoms with Crippen LogP contribution in [-0.2, 0) is 12.0 Å². The van der Waals surface area contributed by atoms with Gasteiger partial charge in [0.15, 0.2) is 5.82 Å². The topological polar surface area (TPSA) is 69.4 Å². The second-order valence-electron chi connectivity index (χ2n) is 6.49. The minimum absolute atomic E-state index is 0.0606. The van der Waals surface area contributed by atoms with E-state index in [9.17, 15) is 0 Å². The zero-order valence-corrected chi connectivity index (χ0v) is 14.6. The molecule has 1 aromatic carbocycles. The average Bonchev–Trinajstić information content (AvgIpc) is 3.02. The summed E-state index contributed by atoms with van der Waals surface area (Å²) in [5, 5.41) is 7.43. The van der Waals surface area contributed by atoms with Gasteiger partial charge in [0.1, 0.15) is 11.5 Å². The maximum absolute atomic E-state index is 5.38. The van der Waals surface area contributed by atoms with Gasteiger partial charge < -0.3 is 19.3 Å². The Kier molecular flexibility index (Phi) is 5.26. The van der Waals surface area contributed by atoms with E-state index < -0.39 is 0 Å². The van der Waals surface area contributed by atoms with Crippen LogP contribution in [0.15, 0.2) is 22.7 Å². The standard InChI is InChI=1S/C17H25N3O3/c1-11(15-19-16(20-23-15)17(2,3)4)18-10-12-9-13(21-5)7-8-14(12)22-6/h7-9,11,18H,10H2,1-6H3. The Balaban J connectivity index is 2.07. The monoisotopic (exact) mass is 319 g/mol. The molecule has 0 amide bonds. The Morgan fingerprint density at radius 3 is 2.52 bits per heavy atom. The Morgan fingerprint density at radius 2 is 1.96 bits per heavy atom. The maximum atomic E-state index is 5.38. The van der Waals surface area contributed by atoms with Crippen molar-refractivity contribution in [3.63, 3.8) is 0 Å². The molecule has 0 aliphatic heterocycles. The first-order valence-corrected chi connectivity index (χ1v) is 7.63. The van der Waals surface area contributed by atoms with E-state index in [1.165, 1.54) is 0 Å². The fourth-order valence-corrected chi connectivity index (χ4v) is 2.09. The minimum atomic E-state index is -0.127. The molecule has 6 heteroatoms. The number of hydrogen-bond donors (Lipinski definition) is 1. The molecule has 0 aliphatic carbocycles. The molecule has 0 spiro atoms. The van der Waals surface area contributed by atoms with Crippen LogP contribution in [0.2, 0.25) is 0 Å². The number of nitrogens with zero attached hydrogens (tertiary/aromatic N) is 2. The van der Waals surface area contributed by atoms with Crippen LogP contribution >= 0.6 is 0 Å². The van der Waals surface area contributed by atoms with Crippen LogP contribution in [0.5, 0.6) is 11.5 Å². The van der Waals surface area contributed by atoms with Crippen LogP contribution in [-0.4, -0.2) is 24.4 Å². The third-order valence-electron chi connectivity index (χ3n) is 3.57. The molecule has 0 radical (unpaired) electrons. The Hall–Kier alpha value is -2.08. The Morgan fingerprint density at radius 1 is 1.22 bits per heavy atom. The Bertz CT molecular complexity index is 647. The molecule has 0 bridgehead atoms. The minimum Gasteiger partial charge on any atom is -0.497 e. The van der Waals surface area contributed by atoms with Crippen molar-refractivity contribution >= 4 is 0 Å². The van der Waals surface area contributed by atoms with Crippen molar-refractivity contribution in [1.82, 2.24) is 15.5 Å². The van der Waals surface area contributed by atoms with Gasteiger partial charge in [0.05, 0.1) is 20.3 Å². The van der Waals surface area contributed by atoms with Gasteiger partial charge in [-0.3, -0.25) is 0 Å². The molecule has 1 unspecified atom stereocenters. The second-order valence-corrected chi connectivity index (χ2v) is 6.49. The van der Waals surface area contributed by atoms with Gasteiger partial charge in [-0.25, -0.2) is 0 Å². The van der Waals surface area contributed by atoms with E-state index in [0.29, 0.717) is 18.3 Å². The van der Waals surface area contributed by atoms with Gasteiger partial charge in [-0.1, -0.05) is 25.9 Å². The summed E-state index contributed by atoms with van der Waals surface area (Å²) in [6.07, 6.45) is 0. The Labute approximate surface area is 137 Å². The zero-order chi connectivity index (χ0) is 17.0. The van der Waals surface area contributed by atoms with Gasteiger partial charge in [0.25, 0.3) is 0 Å². The van der Waals surface area contributed by atoms with E-state index >= 15 is 0 Å². The highest BCUT2D eigenvalue weighted by molar-refractivity contribution is 5.40. The first-order chi connectivity index (χ1) is 10.8. The molecular weight excluding hydrogens is 294 g/mol. The molecule has 6 nitrogen and oxygen atoms in total. The molecule has 0 saturated heterocycles. The van der Waals surface area contributed by atoms with Gasteiger partial charge >= 0.3 is 0 Å². The number of methoxy groups -OCH3 is 2. The largest absolute Gasteiger partial charge is 0.497 e. The average molecular weight is 319 g/mol. The lowest BCUT2D eigenvalue weighted by molar-refractivity contribution is 0.329. The summed E-state index contributed by atoms with van der Waals surface area (Å²) in [7, 11) is 3.30. The van der Waals surface area contributed by atoms with Gasteiger partial charge in [-0.2, -0.15) is 4.98 Å². The number of hydrogen-bond acceptors (Lipinski definition) is 6. The number of rotatable bonds is 6. The second kappa shape index (κ2) is 7.00. The fourth-order valence-electron chi connectivity index (χ4n) is 2.09. The fraction of sp³-hybridized carbons (Fsp3) is 0.529. The van der Waals surface area contributed by atoms with E-state index in [4.69, 9.17) is 14.0 Å². The molecular formula is C17H25N3O3. The van der Waals surface area contributed by atoms with Crippen molar-refractivity contribution in [3.8, 4) is 11.5 Å². The number of aromatic nitrogens is 2. The van der Waals surface area contributed by atoms with Crippen molar-refractivity contribution in [2.75, 3.05) is 14.2 Å². The van der Waals surface area contributed by atoms with Crippen molar-refractivity contribution in [2.24, 2.45) is 0 Å². The smallest absolute Gasteiger partial charge is 0.243 e. The van der Waals surface area contributed by atoms with Gasteiger partial charge in [-0.15, -0.1) is 0 Å². The number of benzene rings is 1. The van der Waals surface area contributed by atoms with Crippen molar-refractivity contribution < 1.29 is 14.0 Å². The summed E-state index contributed by atoms with van der Waals surface area (Å²) in [6.45, 7) is 8.77. The third kappa shape index (κ3) is 4.22. The van der Waals surface area contributed by atoms with Crippen LogP contribution < -0.4 is 14.8 Å². The summed E-state index contributed by atoms with van der Waals surface area (Å²) < 4.78 is 16.0. The lowest BCUT2D eigenvalue weighted by Crippen LogP contribution is -2.19. The van der Waals surface area contributed by atoms with Gasteiger partial charge in [-0.05, 0) is 25.1 Å². The van der Waals surface area contributed by atoms with Crippen LogP contribution in [0.3, 0.4) is 0 Å². The van der Waals surface area contributed by atoms with Crippen LogP contribution in [0.1, 0.15) is 51.0 Å². The molecule has 0 saturated carbocycles. The molecule has 1 heterocycles. The zero-order valence-electron chi connectivity index (χ0n) is 14.6. The molecule has 0 aliphatic rings. The molecule has 1 aromatic heterocycles.